The Morgan fingerprint density at radius 1 is 1.44 bits per heavy atom. The third kappa shape index (κ3) is 2.31. The molecule has 5 heteroatoms. The molecule has 0 radical (unpaired) electrons. The molecule has 0 aliphatic carbocycles. The second kappa shape index (κ2) is 4.57. The number of hydrogen-bond acceptors (Lipinski definition) is 4. The molecule has 0 amide bonds. The summed E-state index contributed by atoms with van der Waals surface area (Å²) in [6.45, 7) is 6.87. The molecule has 0 bridgehead atoms. The van der Waals surface area contributed by atoms with E-state index in [0.29, 0.717) is 11.3 Å². The van der Waals surface area contributed by atoms with Gasteiger partial charge in [-0.1, -0.05) is 0 Å². The van der Waals surface area contributed by atoms with Gasteiger partial charge in [0.1, 0.15) is 0 Å². The summed E-state index contributed by atoms with van der Waals surface area (Å²) in [6, 6.07) is 1.56. The minimum absolute atomic E-state index is 0.0316. The van der Waals surface area contributed by atoms with E-state index in [2.05, 4.69) is 35.7 Å². The van der Waals surface area contributed by atoms with Gasteiger partial charge in [0.05, 0.1) is 17.4 Å². The second-order valence-corrected chi connectivity index (χ2v) is 5.35. The lowest BCUT2D eigenvalue weighted by Crippen LogP contribution is -2.58. The molecule has 1 aliphatic rings. The molecule has 1 fully saturated rings. The van der Waals surface area contributed by atoms with Crippen LogP contribution in [0.3, 0.4) is 0 Å². The van der Waals surface area contributed by atoms with Crippen LogP contribution in [0.2, 0.25) is 0 Å². The van der Waals surface area contributed by atoms with Crippen molar-refractivity contribution in [2.75, 3.05) is 31.6 Å². The number of likely N-dealkylation sites (N-methyl/N-ethyl adjacent to an activating group) is 1. The van der Waals surface area contributed by atoms with Crippen LogP contribution in [0.25, 0.3) is 0 Å². The zero-order chi connectivity index (χ0) is 13.3. The van der Waals surface area contributed by atoms with Gasteiger partial charge in [-0.25, -0.2) is 4.79 Å². The predicted molar refractivity (Wildman–Crippen MR) is 70.1 cm³/mol. The Morgan fingerprint density at radius 2 is 2.17 bits per heavy atom. The maximum atomic E-state index is 11.2. The number of nitrogens with zero attached hydrogens (tertiary/aromatic N) is 3. The molecular weight excluding hydrogens is 230 g/mol. The van der Waals surface area contributed by atoms with Crippen molar-refractivity contribution >= 4 is 11.7 Å². The number of carboxylic acid groups (broad SMARTS) is 1. The Balaban J connectivity index is 2.30. The summed E-state index contributed by atoms with van der Waals surface area (Å²) in [7, 11) is 2.10. The molecule has 18 heavy (non-hydrogen) atoms. The van der Waals surface area contributed by atoms with Gasteiger partial charge in [-0.3, -0.25) is 9.88 Å². The first-order valence-electron chi connectivity index (χ1n) is 6.05. The van der Waals surface area contributed by atoms with Crippen LogP contribution in [-0.4, -0.2) is 53.2 Å². The highest BCUT2D eigenvalue weighted by molar-refractivity contribution is 5.94. The van der Waals surface area contributed by atoms with Crippen molar-refractivity contribution < 1.29 is 9.90 Å². The molecule has 2 heterocycles. The molecular formula is C13H19N3O2. The highest BCUT2D eigenvalue weighted by atomic mass is 16.4. The smallest absolute Gasteiger partial charge is 0.337 e. The quantitative estimate of drug-likeness (QED) is 0.856. The molecule has 1 aliphatic heterocycles. The summed E-state index contributed by atoms with van der Waals surface area (Å²) < 4.78 is 0. The zero-order valence-corrected chi connectivity index (χ0v) is 11.1. The van der Waals surface area contributed by atoms with Crippen molar-refractivity contribution in [2.45, 2.75) is 19.4 Å². The summed E-state index contributed by atoms with van der Waals surface area (Å²) in [4.78, 5) is 19.7. The number of aromatic carboxylic acids is 1. The monoisotopic (exact) mass is 249 g/mol. The summed E-state index contributed by atoms with van der Waals surface area (Å²) in [5, 5.41) is 9.21. The highest BCUT2D eigenvalue weighted by Gasteiger charge is 2.32. The lowest BCUT2D eigenvalue weighted by atomic mass is 9.99. The average molecular weight is 249 g/mol. The third-order valence-electron chi connectivity index (χ3n) is 3.69. The van der Waals surface area contributed by atoms with E-state index in [1.807, 2.05) is 0 Å². The fraction of sp³-hybridized carbons (Fsp3) is 0.538. The molecule has 0 spiro atoms. The van der Waals surface area contributed by atoms with Crippen molar-refractivity contribution in [1.29, 1.82) is 0 Å². The number of carbonyl (C=O) groups is 1. The van der Waals surface area contributed by atoms with Crippen LogP contribution < -0.4 is 4.90 Å². The summed E-state index contributed by atoms with van der Waals surface area (Å²) in [5.74, 6) is -0.899. The van der Waals surface area contributed by atoms with E-state index >= 15 is 0 Å². The van der Waals surface area contributed by atoms with E-state index in [4.69, 9.17) is 0 Å². The van der Waals surface area contributed by atoms with Crippen LogP contribution in [0.1, 0.15) is 24.2 Å². The van der Waals surface area contributed by atoms with Crippen LogP contribution in [0, 0.1) is 0 Å². The van der Waals surface area contributed by atoms with Crippen molar-refractivity contribution in [2.24, 2.45) is 0 Å². The first-order chi connectivity index (χ1) is 8.42. The van der Waals surface area contributed by atoms with E-state index in [1.165, 1.54) is 6.20 Å². The Kier molecular flexibility index (Phi) is 3.26. The molecule has 0 atom stereocenters. The summed E-state index contributed by atoms with van der Waals surface area (Å²) in [6.07, 6.45) is 3.17. The van der Waals surface area contributed by atoms with Crippen LogP contribution in [-0.2, 0) is 0 Å². The standard InChI is InChI=1S/C13H19N3O2/c1-13(2)9-16(7-6-15(13)3)11-8-14-5-4-10(11)12(17)18/h4-5,8H,6-7,9H2,1-3H3,(H,17,18). The Morgan fingerprint density at radius 3 is 2.78 bits per heavy atom. The highest BCUT2D eigenvalue weighted by Crippen LogP contribution is 2.26. The number of aromatic nitrogens is 1. The molecule has 1 aromatic rings. The van der Waals surface area contributed by atoms with Gasteiger partial charge < -0.3 is 10.0 Å². The normalized spacial score (nSPS) is 19.8. The largest absolute Gasteiger partial charge is 0.478 e. The fourth-order valence-corrected chi connectivity index (χ4v) is 2.26. The lowest BCUT2D eigenvalue weighted by Gasteiger charge is -2.46. The topological polar surface area (TPSA) is 56.7 Å². The van der Waals surface area contributed by atoms with Crippen molar-refractivity contribution in [3.63, 3.8) is 0 Å². The van der Waals surface area contributed by atoms with Gasteiger partial charge >= 0.3 is 5.97 Å². The van der Waals surface area contributed by atoms with E-state index in [9.17, 15) is 9.90 Å². The molecule has 2 rings (SSSR count). The van der Waals surface area contributed by atoms with Crippen molar-refractivity contribution in [1.82, 2.24) is 9.88 Å². The third-order valence-corrected chi connectivity index (χ3v) is 3.69. The number of pyridine rings is 1. The average Bonchev–Trinajstić information content (AvgIpc) is 2.32. The number of hydrogen-bond donors (Lipinski definition) is 1. The molecule has 5 nitrogen and oxygen atoms in total. The van der Waals surface area contributed by atoms with Crippen molar-refractivity contribution in [3.05, 3.63) is 24.0 Å². The van der Waals surface area contributed by atoms with Crippen LogP contribution in [0.5, 0.6) is 0 Å². The van der Waals surface area contributed by atoms with Crippen LogP contribution in [0.4, 0.5) is 5.69 Å². The number of carboxylic acids is 1. The van der Waals surface area contributed by atoms with Crippen molar-refractivity contribution in [3.8, 4) is 0 Å². The maximum Gasteiger partial charge on any atom is 0.337 e. The first kappa shape index (κ1) is 12.8. The number of rotatable bonds is 2. The molecule has 0 unspecified atom stereocenters. The molecule has 1 saturated heterocycles. The first-order valence-corrected chi connectivity index (χ1v) is 6.05. The summed E-state index contributed by atoms with van der Waals surface area (Å²) >= 11 is 0. The predicted octanol–water partition coefficient (Wildman–Crippen LogP) is 1.31. The Bertz CT molecular complexity index is 459. The van der Waals surface area contributed by atoms with Gasteiger partial charge in [0.15, 0.2) is 0 Å². The molecule has 1 aromatic heterocycles. The van der Waals surface area contributed by atoms with Gasteiger partial charge in [0.25, 0.3) is 0 Å². The second-order valence-electron chi connectivity index (χ2n) is 5.35. The number of piperazine rings is 1. The fourth-order valence-electron chi connectivity index (χ4n) is 2.26. The van der Waals surface area contributed by atoms with Gasteiger partial charge in [0.2, 0.25) is 0 Å². The van der Waals surface area contributed by atoms with E-state index < -0.39 is 5.97 Å². The maximum absolute atomic E-state index is 11.2. The SMILES string of the molecule is CN1CCN(c2cnccc2C(=O)O)CC1(C)C. The van der Waals surface area contributed by atoms with Gasteiger partial charge in [-0.2, -0.15) is 0 Å². The van der Waals surface area contributed by atoms with Gasteiger partial charge in [-0.05, 0) is 27.0 Å². The van der Waals surface area contributed by atoms with E-state index in [-0.39, 0.29) is 5.54 Å². The van der Waals surface area contributed by atoms with Crippen LogP contribution >= 0.6 is 0 Å². The Labute approximate surface area is 107 Å². The number of anilines is 1. The molecule has 1 N–H and O–H groups in total. The minimum atomic E-state index is -0.899. The molecule has 98 valence electrons. The van der Waals surface area contributed by atoms with Gasteiger partial charge in [0, 0.05) is 31.4 Å². The molecule has 0 saturated carbocycles. The van der Waals surface area contributed by atoms with Gasteiger partial charge in [-0.15, -0.1) is 0 Å². The zero-order valence-electron chi connectivity index (χ0n) is 11.1. The summed E-state index contributed by atoms with van der Waals surface area (Å²) in [5.41, 5.74) is 1.07. The van der Waals surface area contributed by atoms with E-state index in [1.54, 1.807) is 12.3 Å². The van der Waals surface area contributed by atoms with Crippen LogP contribution in [0.15, 0.2) is 18.5 Å². The van der Waals surface area contributed by atoms with E-state index in [0.717, 1.165) is 19.6 Å². The Hall–Kier alpha value is -1.62. The minimum Gasteiger partial charge on any atom is -0.478 e. The lowest BCUT2D eigenvalue weighted by molar-refractivity contribution is 0.0696. The molecule has 0 aromatic carbocycles.